The monoisotopic (exact) mass is 471 g/mol. The number of amides is 2. The molecule has 10 nitrogen and oxygen atoms in total. The minimum Gasteiger partial charge on any atom is -0.465 e. The number of anilines is 1. The van der Waals surface area contributed by atoms with Crippen molar-refractivity contribution in [3.63, 3.8) is 0 Å². The topological polar surface area (TPSA) is 116 Å². The van der Waals surface area contributed by atoms with Gasteiger partial charge in [0.1, 0.15) is 16.3 Å². The zero-order valence-corrected chi connectivity index (χ0v) is 20.1. The minimum atomic E-state index is -0.949. The number of carbonyl (C=O) groups excluding carboxylic acids is 1. The Labute approximate surface area is 196 Å². The summed E-state index contributed by atoms with van der Waals surface area (Å²) in [5.41, 5.74) is 0.886. The van der Waals surface area contributed by atoms with Gasteiger partial charge in [-0.25, -0.2) is 19.3 Å². The number of carbonyl (C=O) groups is 2. The molecule has 2 N–H and O–H groups in total. The fourth-order valence-electron chi connectivity index (χ4n) is 3.83. The first-order valence-corrected chi connectivity index (χ1v) is 11.9. The van der Waals surface area contributed by atoms with E-state index in [1.54, 1.807) is 28.7 Å². The van der Waals surface area contributed by atoms with Crippen LogP contribution in [-0.4, -0.2) is 78.2 Å². The molecule has 1 aliphatic rings. The molecule has 0 aliphatic carbocycles. The molecule has 1 saturated heterocycles. The Morgan fingerprint density at radius 2 is 2.03 bits per heavy atom. The lowest BCUT2D eigenvalue weighted by Gasteiger charge is -2.35. The maximum atomic E-state index is 13.4. The molecule has 176 valence electrons. The molecule has 0 aromatic carbocycles. The van der Waals surface area contributed by atoms with E-state index in [-0.39, 0.29) is 17.5 Å². The molecule has 4 rings (SSSR count). The molecule has 0 saturated carbocycles. The van der Waals surface area contributed by atoms with E-state index < -0.39 is 6.09 Å². The standard InChI is InChI=1S/C22H29N7O3S/c1-5-22(2,3)26-17-12-16(19(30)28-8-6-14(7-9-28)27(4)21(31)32)24-18(25-17)15-13-23-29-10-11-33-20(15)29/h10-14H,5-9H2,1-4H3,(H,31,32)(H,24,25,26). The molecule has 1 fully saturated rings. The van der Waals surface area contributed by atoms with Crippen LogP contribution in [0.25, 0.3) is 16.2 Å². The Morgan fingerprint density at radius 3 is 2.70 bits per heavy atom. The highest BCUT2D eigenvalue weighted by Gasteiger charge is 2.29. The van der Waals surface area contributed by atoms with E-state index >= 15 is 0 Å². The number of aromatic nitrogens is 4. The van der Waals surface area contributed by atoms with Gasteiger partial charge in [-0.05, 0) is 33.1 Å². The third kappa shape index (κ3) is 4.77. The highest BCUT2D eigenvalue weighted by atomic mass is 32.1. The molecular formula is C22H29N7O3S. The van der Waals surface area contributed by atoms with Gasteiger partial charge in [0.05, 0.1) is 11.8 Å². The zero-order valence-electron chi connectivity index (χ0n) is 19.3. The molecule has 3 aromatic rings. The molecule has 2 amide bonds. The number of likely N-dealkylation sites (tertiary alicyclic amines) is 1. The Kier molecular flexibility index (Phi) is 6.24. The molecule has 0 atom stereocenters. The number of fused-ring (bicyclic) bond motifs is 1. The fraction of sp³-hybridized carbons (Fsp3) is 0.500. The highest BCUT2D eigenvalue weighted by Crippen LogP contribution is 2.28. The van der Waals surface area contributed by atoms with Gasteiger partial charge in [-0.15, -0.1) is 11.3 Å². The summed E-state index contributed by atoms with van der Waals surface area (Å²) in [6.45, 7) is 7.21. The summed E-state index contributed by atoms with van der Waals surface area (Å²) in [5, 5.41) is 19.0. The summed E-state index contributed by atoms with van der Waals surface area (Å²) in [6.07, 6.45) is 4.71. The SMILES string of the molecule is CCC(C)(C)Nc1cc(C(=O)N2CCC(N(C)C(=O)O)CC2)nc(-c2cnn3ccsc23)n1. The van der Waals surface area contributed by atoms with E-state index in [0.717, 1.165) is 16.8 Å². The molecule has 4 heterocycles. The first-order valence-electron chi connectivity index (χ1n) is 11.0. The lowest BCUT2D eigenvalue weighted by Crippen LogP contribution is -2.47. The van der Waals surface area contributed by atoms with Crippen molar-refractivity contribution in [3.05, 3.63) is 29.5 Å². The third-order valence-electron chi connectivity index (χ3n) is 6.27. The van der Waals surface area contributed by atoms with Crippen LogP contribution >= 0.6 is 11.3 Å². The smallest absolute Gasteiger partial charge is 0.407 e. The van der Waals surface area contributed by atoms with Crippen molar-refractivity contribution >= 4 is 34.0 Å². The number of carboxylic acid groups (broad SMARTS) is 1. The van der Waals surface area contributed by atoms with E-state index in [1.807, 2.05) is 11.6 Å². The van der Waals surface area contributed by atoms with Crippen LogP contribution in [0.15, 0.2) is 23.8 Å². The highest BCUT2D eigenvalue weighted by molar-refractivity contribution is 7.16. The van der Waals surface area contributed by atoms with Crippen LogP contribution in [0.1, 0.15) is 50.5 Å². The minimum absolute atomic E-state index is 0.0883. The van der Waals surface area contributed by atoms with Crippen molar-refractivity contribution in [2.45, 2.75) is 51.6 Å². The quantitative estimate of drug-likeness (QED) is 0.563. The molecule has 11 heteroatoms. The summed E-state index contributed by atoms with van der Waals surface area (Å²) >= 11 is 1.54. The van der Waals surface area contributed by atoms with Crippen LogP contribution in [0.4, 0.5) is 10.6 Å². The second kappa shape index (κ2) is 8.97. The van der Waals surface area contributed by atoms with Gasteiger partial charge in [-0.3, -0.25) is 4.79 Å². The lowest BCUT2D eigenvalue weighted by atomic mass is 10.0. The second-order valence-corrected chi connectivity index (χ2v) is 9.85. The van der Waals surface area contributed by atoms with Crippen LogP contribution in [0.5, 0.6) is 0 Å². The van der Waals surface area contributed by atoms with Crippen LogP contribution in [0.2, 0.25) is 0 Å². The van der Waals surface area contributed by atoms with E-state index in [4.69, 9.17) is 4.98 Å². The van der Waals surface area contributed by atoms with Gasteiger partial charge in [0.25, 0.3) is 5.91 Å². The van der Waals surface area contributed by atoms with Crippen molar-refractivity contribution in [3.8, 4) is 11.4 Å². The molecule has 0 radical (unpaired) electrons. The molecule has 3 aromatic heterocycles. The number of nitrogens with one attached hydrogen (secondary N) is 1. The van der Waals surface area contributed by atoms with Gasteiger partial charge in [-0.2, -0.15) is 5.10 Å². The van der Waals surface area contributed by atoms with Gasteiger partial charge in [0.15, 0.2) is 5.82 Å². The van der Waals surface area contributed by atoms with Crippen molar-refractivity contribution < 1.29 is 14.7 Å². The molecule has 1 aliphatic heterocycles. The molecule has 0 unspecified atom stereocenters. The van der Waals surface area contributed by atoms with Crippen molar-refractivity contribution in [2.24, 2.45) is 0 Å². The summed E-state index contributed by atoms with van der Waals surface area (Å²) < 4.78 is 1.77. The number of hydrogen-bond acceptors (Lipinski definition) is 7. The lowest BCUT2D eigenvalue weighted by molar-refractivity contribution is 0.0638. The van der Waals surface area contributed by atoms with Crippen molar-refractivity contribution in [2.75, 3.05) is 25.5 Å². The van der Waals surface area contributed by atoms with E-state index in [2.05, 4.69) is 36.2 Å². The molecule has 0 bridgehead atoms. The van der Waals surface area contributed by atoms with Crippen LogP contribution in [-0.2, 0) is 0 Å². The largest absolute Gasteiger partial charge is 0.465 e. The van der Waals surface area contributed by atoms with Gasteiger partial charge >= 0.3 is 6.09 Å². The number of nitrogens with zero attached hydrogens (tertiary/aromatic N) is 6. The predicted molar refractivity (Wildman–Crippen MR) is 127 cm³/mol. The number of piperidine rings is 1. The first kappa shape index (κ1) is 23.0. The van der Waals surface area contributed by atoms with Gasteiger partial charge in [-0.1, -0.05) is 6.92 Å². The molecule has 33 heavy (non-hydrogen) atoms. The Balaban J connectivity index is 1.64. The Hall–Kier alpha value is -3.21. The van der Waals surface area contributed by atoms with E-state index in [9.17, 15) is 14.7 Å². The second-order valence-electron chi connectivity index (χ2n) is 8.95. The maximum Gasteiger partial charge on any atom is 0.407 e. The third-order valence-corrected chi connectivity index (χ3v) is 7.16. The maximum absolute atomic E-state index is 13.4. The van der Waals surface area contributed by atoms with E-state index in [1.165, 1.54) is 16.2 Å². The van der Waals surface area contributed by atoms with Crippen molar-refractivity contribution in [1.82, 2.24) is 29.4 Å². The van der Waals surface area contributed by atoms with Gasteiger partial charge < -0.3 is 20.2 Å². The summed E-state index contributed by atoms with van der Waals surface area (Å²) in [6, 6.07) is 1.61. The van der Waals surface area contributed by atoms with Crippen LogP contribution in [0, 0.1) is 0 Å². The Bertz CT molecular complexity index is 1160. The predicted octanol–water partition coefficient (Wildman–Crippen LogP) is 3.67. The molecule has 0 spiro atoms. The van der Waals surface area contributed by atoms with Crippen LogP contribution in [0.3, 0.4) is 0 Å². The van der Waals surface area contributed by atoms with Crippen LogP contribution < -0.4 is 5.32 Å². The van der Waals surface area contributed by atoms with E-state index in [0.29, 0.717) is 43.3 Å². The Morgan fingerprint density at radius 1 is 1.30 bits per heavy atom. The summed E-state index contributed by atoms with van der Waals surface area (Å²) in [4.78, 5) is 38.0. The normalized spacial score (nSPS) is 15.1. The number of thiazole rings is 1. The van der Waals surface area contributed by atoms with Crippen molar-refractivity contribution in [1.29, 1.82) is 0 Å². The summed E-state index contributed by atoms with van der Waals surface area (Å²) in [7, 11) is 1.58. The average Bonchev–Trinajstić information content (AvgIpc) is 3.41. The zero-order chi connectivity index (χ0) is 23.8. The molecular weight excluding hydrogens is 442 g/mol. The van der Waals surface area contributed by atoms with Gasteiger partial charge in [0.2, 0.25) is 0 Å². The summed E-state index contributed by atoms with van der Waals surface area (Å²) in [5.74, 6) is 0.863. The first-order chi connectivity index (χ1) is 15.7. The number of rotatable bonds is 6. The number of hydrogen-bond donors (Lipinski definition) is 2. The fourth-order valence-corrected chi connectivity index (χ4v) is 4.62. The van der Waals surface area contributed by atoms with Gasteiger partial charge in [0, 0.05) is 49.4 Å². The average molecular weight is 472 g/mol.